The number of anilines is 3. The first kappa shape index (κ1) is 24.7. The van der Waals surface area contributed by atoms with Crippen molar-refractivity contribution in [1.82, 2.24) is 10.3 Å². The van der Waals surface area contributed by atoms with Crippen molar-refractivity contribution in [3.63, 3.8) is 0 Å². The smallest absolute Gasteiger partial charge is 0.404 e. The van der Waals surface area contributed by atoms with E-state index in [1.807, 2.05) is 24.3 Å². The summed E-state index contributed by atoms with van der Waals surface area (Å²) in [5.74, 6) is -0.759. The summed E-state index contributed by atoms with van der Waals surface area (Å²) in [5, 5.41) is 5.70. The molecule has 1 aromatic heterocycles. The molecular weight excluding hydrogens is 525 g/mol. The predicted octanol–water partition coefficient (Wildman–Crippen LogP) is 5.39. The van der Waals surface area contributed by atoms with E-state index in [0.29, 0.717) is 17.3 Å². The van der Waals surface area contributed by atoms with Crippen molar-refractivity contribution in [1.29, 1.82) is 0 Å². The van der Waals surface area contributed by atoms with Gasteiger partial charge in [-0.25, -0.2) is 4.98 Å². The molecule has 0 spiro atoms. The van der Waals surface area contributed by atoms with E-state index < -0.39 is 18.0 Å². The van der Waals surface area contributed by atoms with Gasteiger partial charge in [0.25, 0.3) is 5.91 Å². The van der Waals surface area contributed by atoms with E-state index in [9.17, 15) is 18.0 Å². The fraction of sp³-hybridized carbons (Fsp3) is 0.182. The molecule has 2 aromatic carbocycles. The molecule has 3 aromatic rings. The fourth-order valence-electron chi connectivity index (χ4n) is 3.60. The first-order valence-corrected chi connectivity index (χ1v) is 10.4. The number of nitrogens with two attached hydrogens (primary N) is 1. The Morgan fingerprint density at radius 1 is 1.09 bits per heavy atom. The molecule has 0 saturated carbocycles. The fourth-order valence-corrected chi connectivity index (χ4v) is 3.94. The van der Waals surface area contributed by atoms with Gasteiger partial charge in [0.1, 0.15) is 11.5 Å². The number of aromatic nitrogens is 1. The molecule has 6 nitrogen and oxygen atoms in total. The molecule has 0 fully saturated rings. The largest absolute Gasteiger partial charge is 0.573 e. The van der Waals surface area contributed by atoms with Gasteiger partial charge in [0.15, 0.2) is 5.75 Å². The molecule has 174 valence electrons. The van der Waals surface area contributed by atoms with Crippen molar-refractivity contribution in [3.8, 4) is 5.75 Å². The summed E-state index contributed by atoms with van der Waals surface area (Å²) in [5.41, 5.74) is 8.59. The van der Waals surface area contributed by atoms with Crippen molar-refractivity contribution >= 4 is 51.4 Å². The molecule has 1 amide bonds. The van der Waals surface area contributed by atoms with Gasteiger partial charge in [-0.15, -0.1) is 25.6 Å². The number of amides is 1. The van der Waals surface area contributed by atoms with Gasteiger partial charge in [0.05, 0.1) is 5.69 Å². The minimum Gasteiger partial charge on any atom is -0.404 e. The number of nitrogens with one attached hydrogen (secondary N) is 2. The number of fused-ring (bicyclic) bond motifs is 1. The Morgan fingerprint density at radius 3 is 2.39 bits per heavy atom. The van der Waals surface area contributed by atoms with E-state index in [4.69, 9.17) is 5.73 Å². The van der Waals surface area contributed by atoms with E-state index in [1.165, 1.54) is 35.4 Å². The number of ether oxygens (including phenoxy) is 1. The summed E-state index contributed by atoms with van der Waals surface area (Å²) in [6.07, 6.45) is -3.44. The number of alkyl halides is 3. The number of carbonyl (C=O) groups is 1. The van der Waals surface area contributed by atoms with Crippen molar-refractivity contribution in [2.75, 3.05) is 11.1 Å². The van der Waals surface area contributed by atoms with E-state index >= 15 is 0 Å². The third-order valence-electron chi connectivity index (χ3n) is 4.90. The number of nitrogens with zero attached hydrogens (tertiary/aromatic N) is 1. The first-order valence-electron chi connectivity index (χ1n) is 9.64. The van der Waals surface area contributed by atoms with Gasteiger partial charge in [0.2, 0.25) is 0 Å². The number of hydrogen-bond donors (Lipinski definition) is 3. The van der Waals surface area contributed by atoms with Crippen LogP contribution in [0.25, 0.3) is 0 Å². The van der Waals surface area contributed by atoms with Crippen molar-refractivity contribution in [3.05, 3.63) is 75.9 Å². The van der Waals surface area contributed by atoms with Gasteiger partial charge >= 0.3 is 6.36 Å². The molecule has 33 heavy (non-hydrogen) atoms. The molecule has 4 rings (SSSR count). The minimum absolute atomic E-state index is 0. The lowest BCUT2D eigenvalue weighted by Gasteiger charge is -2.16. The zero-order chi connectivity index (χ0) is 22.9. The molecule has 0 saturated heterocycles. The van der Waals surface area contributed by atoms with Crippen LogP contribution in [-0.4, -0.2) is 23.3 Å². The molecule has 11 heteroatoms. The Hall–Kier alpha value is -2.98. The van der Waals surface area contributed by atoms with E-state index in [1.54, 1.807) is 6.07 Å². The van der Waals surface area contributed by atoms with Gasteiger partial charge in [-0.3, -0.25) is 4.79 Å². The number of hydrogen-bond acceptors (Lipinski definition) is 5. The highest BCUT2D eigenvalue weighted by atomic mass is 79.9. The van der Waals surface area contributed by atoms with Crippen LogP contribution in [0.4, 0.5) is 30.4 Å². The third kappa shape index (κ3) is 6.29. The molecule has 0 unspecified atom stereocenters. The van der Waals surface area contributed by atoms with Crippen LogP contribution in [-0.2, 0) is 12.8 Å². The van der Waals surface area contributed by atoms with Crippen LogP contribution >= 0.6 is 28.3 Å². The van der Waals surface area contributed by atoms with Crippen LogP contribution < -0.4 is 21.1 Å². The topological polar surface area (TPSA) is 89.3 Å². The maximum Gasteiger partial charge on any atom is 0.573 e. The molecular formula is C22H19BrClF3N4O2. The monoisotopic (exact) mass is 542 g/mol. The van der Waals surface area contributed by atoms with Crippen molar-refractivity contribution in [2.24, 2.45) is 0 Å². The van der Waals surface area contributed by atoms with Crippen LogP contribution in [0, 0.1) is 0 Å². The summed E-state index contributed by atoms with van der Waals surface area (Å²) in [4.78, 5) is 17.0. The van der Waals surface area contributed by atoms with Crippen LogP contribution in [0.5, 0.6) is 5.75 Å². The predicted molar refractivity (Wildman–Crippen MR) is 125 cm³/mol. The van der Waals surface area contributed by atoms with E-state index in [-0.39, 0.29) is 41.3 Å². The molecule has 1 heterocycles. The number of halogens is 5. The molecule has 0 atom stereocenters. The highest BCUT2D eigenvalue weighted by Gasteiger charge is 2.32. The third-order valence-corrected chi connectivity index (χ3v) is 5.39. The maximum atomic E-state index is 12.8. The number of benzene rings is 2. The highest BCUT2D eigenvalue weighted by Crippen LogP contribution is 2.34. The Morgan fingerprint density at radius 2 is 1.76 bits per heavy atom. The van der Waals surface area contributed by atoms with Gasteiger partial charge < -0.3 is 21.1 Å². The average Bonchev–Trinajstić information content (AvgIpc) is 3.10. The quantitative estimate of drug-likeness (QED) is 0.402. The summed E-state index contributed by atoms with van der Waals surface area (Å²) in [6.45, 7) is 0. The summed E-state index contributed by atoms with van der Waals surface area (Å²) >= 11 is 3.12. The Labute approximate surface area is 202 Å². The van der Waals surface area contributed by atoms with Gasteiger partial charge in [0, 0.05) is 22.3 Å². The summed E-state index contributed by atoms with van der Waals surface area (Å²) in [7, 11) is 0. The molecule has 1 aliphatic rings. The highest BCUT2D eigenvalue weighted by molar-refractivity contribution is 9.10. The van der Waals surface area contributed by atoms with E-state index in [0.717, 1.165) is 0 Å². The average molecular weight is 544 g/mol. The molecule has 1 aliphatic carbocycles. The molecule has 0 radical (unpaired) electrons. The maximum absolute atomic E-state index is 12.8. The van der Waals surface area contributed by atoms with Crippen LogP contribution in [0.2, 0.25) is 0 Å². The lowest BCUT2D eigenvalue weighted by atomic mass is 10.1. The van der Waals surface area contributed by atoms with E-state index in [2.05, 4.69) is 36.3 Å². The van der Waals surface area contributed by atoms with Gasteiger partial charge in [-0.2, -0.15) is 0 Å². The Bertz CT molecular complexity index is 1150. The Balaban J connectivity index is 0.00000306. The first-order chi connectivity index (χ1) is 15.2. The molecule has 0 bridgehead atoms. The molecule has 0 aliphatic heterocycles. The second kappa shape index (κ2) is 9.88. The van der Waals surface area contributed by atoms with Crippen LogP contribution in [0.15, 0.2) is 59.1 Å². The van der Waals surface area contributed by atoms with Crippen LogP contribution in [0.3, 0.4) is 0 Å². The van der Waals surface area contributed by atoms with Gasteiger partial charge in [-0.05, 0) is 48.2 Å². The number of rotatable bonds is 5. The summed E-state index contributed by atoms with van der Waals surface area (Å²) in [6, 6.07) is 14.8. The molecule has 4 N–H and O–H groups in total. The number of pyridine rings is 1. The Kier molecular flexibility index (Phi) is 7.38. The SMILES string of the molecule is Cl.Nc1cc(Nc2ccc(Br)cc2OC(F)(F)F)nc(C(=O)NC2Cc3ccccc3C2)c1. The lowest BCUT2D eigenvalue weighted by Crippen LogP contribution is -2.35. The second-order valence-electron chi connectivity index (χ2n) is 7.33. The zero-order valence-corrected chi connectivity index (χ0v) is 19.4. The minimum atomic E-state index is -4.87. The summed E-state index contributed by atoms with van der Waals surface area (Å²) < 4.78 is 42.8. The van der Waals surface area contributed by atoms with Crippen LogP contribution in [0.1, 0.15) is 21.6 Å². The van der Waals surface area contributed by atoms with Crippen molar-refractivity contribution < 1.29 is 22.7 Å². The van der Waals surface area contributed by atoms with Crippen molar-refractivity contribution in [2.45, 2.75) is 25.2 Å². The normalized spacial score (nSPS) is 13.1. The zero-order valence-electron chi connectivity index (χ0n) is 16.9. The number of nitrogen functional groups attached to an aromatic ring is 1. The van der Waals surface area contributed by atoms with Gasteiger partial charge in [-0.1, -0.05) is 40.2 Å². The lowest BCUT2D eigenvalue weighted by molar-refractivity contribution is -0.274. The second-order valence-corrected chi connectivity index (χ2v) is 8.25. The standard InChI is InChI=1S/C22H18BrF3N4O2.ClH/c23-14-5-6-17(19(9-14)32-22(24,25)26)29-20-11-15(27)10-18(30-20)21(31)28-16-7-12-3-1-2-4-13(12)8-16;/h1-6,9-11,16H,7-8H2,(H,28,31)(H3,27,29,30);1H. The number of carbonyl (C=O) groups excluding carboxylic acids is 1.